The molecule has 0 aliphatic carbocycles. The van der Waals surface area contributed by atoms with Gasteiger partial charge in [-0.05, 0) is 35.7 Å². The number of fused-ring (bicyclic) bond motifs is 1. The topological polar surface area (TPSA) is 46.6 Å². The Hall–Kier alpha value is -2.62. The first-order valence-corrected chi connectivity index (χ1v) is 7.78. The summed E-state index contributed by atoms with van der Waals surface area (Å²) in [7, 11) is 0. The molecule has 0 saturated heterocycles. The fourth-order valence-electron chi connectivity index (χ4n) is 2.99. The number of hydrogen-bond donors (Lipinski definition) is 0. The van der Waals surface area contributed by atoms with Gasteiger partial charge in [0.25, 0.3) is 5.91 Å². The summed E-state index contributed by atoms with van der Waals surface area (Å²) in [5.41, 5.74) is 4.00. The molecule has 0 bridgehead atoms. The van der Waals surface area contributed by atoms with Crippen molar-refractivity contribution < 1.29 is 14.3 Å². The van der Waals surface area contributed by atoms with Gasteiger partial charge < -0.3 is 9.64 Å². The van der Waals surface area contributed by atoms with E-state index in [9.17, 15) is 9.59 Å². The molecule has 118 valence electrons. The molecule has 0 fully saturated rings. The highest BCUT2D eigenvalue weighted by Crippen LogP contribution is 2.32. The van der Waals surface area contributed by atoms with Crippen molar-refractivity contribution in [3.05, 3.63) is 65.2 Å². The maximum Gasteiger partial charge on any atom is 0.302 e. The molecule has 1 aliphatic heterocycles. The minimum absolute atomic E-state index is 0.0292. The summed E-state index contributed by atoms with van der Waals surface area (Å²) < 4.78 is 5.03. The van der Waals surface area contributed by atoms with Gasteiger partial charge in [0, 0.05) is 31.1 Å². The number of carbonyl (C=O) groups is 2. The third-order valence-corrected chi connectivity index (χ3v) is 4.07. The second-order valence-corrected chi connectivity index (χ2v) is 5.58. The summed E-state index contributed by atoms with van der Waals surface area (Å²) in [6.07, 6.45) is 1.51. The fourth-order valence-corrected chi connectivity index (χ4v) is 2.99. The van der Waals surface area contributed by atoms with Gasteiger partial charge >= 0.3 is 5.97 Å². The standard InChI is InChI=1S/C19H19NO3/c1-14(21)23-13-11-15-8-5-9-18-17(15)10-12-20(18)19(22)16-6-3-2-4-7-16/h2-9H,10-13H2,1H3. The van der Waals surface area contributed by atoms with E-state index in [0.29, 0.717) is 25.1 Å². The SMILES string of the molecule is CC(=O)OCCc1cccc2c1CCN2C(=O)c1ccccc1. The molecule has 1 amide bonds. The van der Waals surface area contributed by atoms with Crippen LogP contribution in [0.3, 0.4) is 0 Å². The normalized spacial score (nSPS) is 12.8. The average molecular weight is 309 g/mol. The molecule has 0 unspecified atom stereocenters. The summed E-state index contributed by atoms with van der Waals surface area (Å²) in [5.74, 6) is -0.236. The molecule has 2 aromatic carbocycles. The number of nitrogens with zero attached hydrogens (tertiary/aromatic N) is 1. The fraction of sp³-hybridized carbons (Fsp3) is 0.263. The van der Waals surface area contributed by atoms with Gasteiger partial charge in [0.15, 0.2) is 0 Å². The Balaban J connectivity index is 1.80. The van der Waals surface area contributed by atoms with E-state index in [2.05, 4.69) is 0 Å². The summed E-state index contributed by atoms with van der Waals surface area (Å²) in [4.78, 5) is 25.4. The van der Waals surface area contributed by atoms with Gasteiger partial charge in [-0.3, -0.25) is 9.59 Å². The zero-order chi connectivity index (χ0) is 16.2. The van der Waals surface area contributed by atoms with Crippen molar-refractivity contribution in [2.24, 2.45) is 0 Å². The lowest BCUT2D eigenvalue weighted by Crippen LogP contribution is -2.28. The molecule has 1 aliphatic rings. The number of amides is 1. The molecule has 0 N–H and O–H groups in total. The molecule has 1 heterocycles. The van der Waals surface area contributed by atoms with Crippen LogP contribution in [0.15, 0.2) is 48.5 Å². The van der Waals surface area contributed by atoms with E-state index in [1.807, 2.05) is 53.4 Å². The van der Waals surface area contributed by atoms with Gasteiger partial charge in [0.2, 0.25) is 0 Å². The summed E-state index contributed by atoms with van der Waals surface area (Å²) >= 11 is 0. The molecule has 0 atom stereocenters. The maximum atomic E-state index is 12.7. The lowest BCUT2D eigenvalue weighted by molar-refractivity contribution is -0.140. The predicted molar refractivity (Wildman–Crippen MR) is 88.6 cm³/mol. The van der Waals surface area contributed by atoms with Gasteiger partial charge in [0.1, 0.15) is 0 Å². The Morgan fingerprint density at radius 1 is 1.09 bits per heavy atom. The zero-order valence-corrected chi connectivity index (χ0v) is 13.1. The highest BCUT2D eigenvalue weighted by Gasteiger charge is 2.26. The number of rotatable bonds is 4. The van der Waals surface area contributed by atoms with Crippen molar-refractivity contribution in [1.29, 1.82) is 0 Å². The third-order valence-electron chi connectivity index (χ3n) is 4.07. The van der Waals surface area contributed by atoms with E-state index in [1.165, 1.54) is 12.5 Å². The molecule has 3 rings (SSSR count). The van der Waals surface area contributed by atoms with E-state index in [0.717, 1.165) is 17.7 Å². The van der Waals surface area contributed by atoms with Gasteiger partial charge in [-0.1, -0.05) is 30.3 Å². The van der Waals surface area contributed by atoms with Crippen molar-refractivity contribution in [1.82, 2.24) is 0 Å². The highest BCUT2D eigenvalue weighted by atomic mass is 16.5. The molecule has 4 heteroatoms. The minimum atomic E-state index is -0.265. The maximum absolute atomic E-state index is 12.7. The van der Waals surface area contributed by atoms with E-state index in [4.69, 9.17) is 4.74 Å². The van der Waals surface area contributed by atoms with Gasteiger partial charge in [-0.2, -0.15) is 0 Å². The second-order valence-electron chi connectivity index (χ2n) is 5.58. The van der Waals surface area contributed by atoms with Crippen molar-refractivity contribution >= 4 is 17.6 Å². The number of anilines is 1. The first-order valence-electron chi connectivity index (χ1n) is 7.78. The van der Waals surface area contributed by atoms with Crippen molar-refractivity contribution in [3.63, 3.8) is 0 Å². The molecule has 0 spiro atoms. The minimum Gasteiger partial charge on any atom is -0.466 e. The Morgan fingerprint density at radius 3 is 2.61 bits per heavy atom. The monoisotopic (exact) mass is 309 g/mol. The van der Waals surface area contributed by atoms with Crippen LogP contribution in [0.5, 0.6) is 0 Å². The average Bonchev–Trinajstić information content (AvgIpc) is 2.99. The zero-order valence-electron chi connectivity index (χ0n) is 13.1. The van der Waals surface area contributed by atoms with Gasteiger partial charge in [-0.15, -0.1) is 0 Å². The summed E-state index contributed by atoms with van der Waals surface area (Å²) in [6.45, 7) is 2.47. The molecular weight excluding hydrogens is 290 g/mol. The summed E-state index contributed by atoms with van der Waals surface area (Å²) in [6, 6.07) is 15.3. The van der Waals surface area contributed by atoms with Crippen molar-refractivity contribution in [2.75, 3.05) is 18.1 Å². The van der Waals surface area contributed by atoms with E-state index in [-0.39, 0.29) is 11.9 Å². The van der Waals surface area contributed by atoms with Crippen LogP contribution in [0, 0.1) is 0 Å². The van der Waals surface area contributed by atoms with Crippen molar-refractivity contribution in [3.8, 4) is 0 Å². The third kappa shape index (κ3) is 3.26. The van der Waals surface area contributed by atoms with Crippen LogP contribution >= 0.6 is 0 Å². The lowest BCUT2D eigenvalue weighted by atomic mass is 10.0. The van der Waals surface area contributed by atoms with E-state index < -0.39 is 0 Å². The van der Waals surface area contributed by atoms with Crippen LogP contribution in [0.25, 0.3) is 0 Å². The number of carbonyl (C=O) groups excluding carboxylic acids is 2. The quantitative estimate of drug-likeness (QED) is 0.816. The van der Waals surface area contributed by atoms with Crippen LogP contribution in [-0.2, 0) is 22.4 Å². The Morgan fingerprint density at radius 2 is 1.87 bits per heavy atom. The second kappa shape index (κ2) is 6.65. The van der Waals surface area contributed by atoms with Crippen LogP contribution < -0.4 is 4.90 Å². The number of benzene rings is 2. The molecule has 23 heavy (non-hydrogen) atoms. The van der Waals surface area contributed by atoms with Gasteiger partial charge in [-0.25, -0.2) is 0 Å². The summed E-state index contributed by atoms with van der Waals surface area (Å²) in [5, 5.41) is 0. The molecule has 4 nitrogen and oxygen atoms in total. The first kappa shape index (κ1) is 15.3. The number of ether oxygens (including phenoxy) is 1. The van der Waals surface area contributed by atoms with Crippen LogP contribution in [-0.4, -0.2) is 25.0 Å². The van der Waals surface area contributed by atoms with Crippen molar-refractivity contribution in [2.45, 2.75) is 19.8 Å². The largest absolute Gasteiger partial charge is 0.466 e. The van der Waals surface area contributed by atoms with Gasteiger partial charge in [0.05, 0.1) is 6.61 Å². The Bertz CT molecular complexity index is 725. The highest BCUT2D eigenvalue weighted by molar-refractivity contribution is 6.07. The molecule has 0 saturated carbocycles. The first-order chi connectivity index (χ1) is 11.2. The predicted octanol–water partition coefficient (Wildman–Crippen LogP) is 3.00. The van der Waals surface area contributed by atoms with E-state index >= 15 is 0 Å². The Labute approximate surface area is 135 Å². The smallest absolute Gasteiger partial charge is 0.302 e. The lowest BCUT2D eigenvalue weighted by Gasteiger charge is -2.18. The molecule has 0 radical (unpaired) electrons. The van der Waals surface area contributed by atoms with Crippen LogP contribution in [0.1, 0.15) is 28.4 Å². The van der Waals surface area contributed by atoms with Crippen LogP contribution in [0.4, 0.5) is 5.69 Å². The molecule has 2 aromatic rings. The Kier molecular flexibility index (Phi) is 4.42. The molecular formula is C19H19NO3. The number of esters is 1. The number of hydrogen-bond acceptors (Lipinski definition) is 3. The van der Waals surface area contributed by atoms with E-state index in [1.54, 1.807) is 0 Å². The molecule has 0 aromatic heterocycles. The van der Waals surface area contributed by atoms with Crippen LogP contribution in [0.2, 0.25) is 0 Å².